The molecule has 2 aromatic carbocycles. The Labute approximate surface area is 158 Å². The van der Waals surface area contributed by atoms with Crippen LogP contribution in [0.1, 0.15) is 36.0 Å². The van der Waals surface area contributed by atoms with Gasteiger partial charge in [-0.3, -0.25) is 9.59 Å². The highest BCUT2D eigenvalue weighted by Gasteiger charge is 2.17. The summed E-state index contributed by atoms with van der Waals surface area (Å²) in [6.45, 7) is 1.56. The highest BCUT2D eigenvalue weighted by Crippen LogP contribution is 2.16. The third-order valence-electron chi connectivity index (χ3n) is 4.62. The maximum Gasteiger partial charge on any atom is 0.253 e. The normalized spacial score (nSPS) is 14.3. The Morgan fingerprint density at radius 1 is 0.926 bits per heavy atom. The number of benzene rings is 2. The molecule has 0 aromatic heterocycles. The zero-order chi connectivity index (χ0) is 19.1. The Hall–Kier alpha value is -2.89. The molecule has 2 aromatic rings. The smallest absolute Gasteiger partial charge is 0.253 e. The summed E-state index contributed by atoms with van der Waals surface area (Å²) in [5, 5.41) is 5.50. The Kier molecular flexibility index (Phi) is 6.41. The van der Waals surface area contributed by atoms with Gasteiger partial charge in [-0.2, -0.15) is 0 Å². The summed E-state index contributed by atoms with van der Waals surface area (Å²) in [4.78, 5) is 26.5. The highest BCUT2D eigenvalue weighted by atomic mass is 19.1. The van der Waals surface area contributed by atoms with Gasteiger partial charge < -0.3 is 15.5 Å². The second-order valence-electron chi connectivity index (χ2n) is 6.67. The van der Waals surface area contributed by atoms with E-state index in [-0.39, 0.29) is 24.0 Å². The van der Waals surface area contributed by atoms with Gasteiger partial charge in [-0.05, 0) is 49.2 Å². The fraction of sp³-hybridized carbons (Fsp3) is 0.333. The lowest BCUT2D eigenvalue weighted by molar-refractivity contribution is -0.114. The molecular weight excluding hydrogens is 345 g/mol. The summed E-state index contributed by atoms with van der Waals surface area (Å²) < 4.78 is 13.5. The molecule has 1 aliphatic rings. The van der Waals surface area contributed by atoms with Crippen molar-refractivity contribution in [1.82, 2.24) is 4.90 Å². The van der Waals surface area contributed by atoms with Gasteiger partial charge in [0.15, 0.2) is 0 Å². The Morgan fingerprint density at radius 3 is 2.26 bits per heavy atom. The van der Waals surface area contributed by atoms with Crippen LogP contribution >= 0.6 is 0 Å². The summed E-state index contributed by atoms with van der Waals surface area (Å²) in [6.07, 6.45) is 4.45. The Morgan fingerprint density at radius 2 is 1.59 bits per heavy atom. The Balaban J connectivity index is 1.53. The van der Waals surface area contributed by atoms with Crippen LogP contribution in [0.5, 0.6) is 0 Å². The van der Waals surface area contributed by atoms with E-state index in [0.717, 1.165) is 25.9 Å². The molecule has 5 nitrogen and oxygen atoms in total. The van der Waals surface area contributed by atoms with E-state index >= 15 is 0 Å². The first-order chi connectivity index (χ1) is 13.1. The molecule has 6 heteroatoms. The van der Waals surface area contributed by atoms with Crippen LogP contribution in [-0.2, 0) is 4.79 Å². The number of para-hydroxylation sites is 1. The molecule has 3 rings (SSSR count). The molecule has 0 aliphatic carbocycles. The number of nitrogens with zero attached hydrogens (tertiary/aromatic N) is 1. The van der Waals surface area contributed by atoms with Crippen LogP contribution in [0.2, 0.25) is 0 Å². The van der Waals surface area contributed by atoms with Gasteiger partial charge in [0.25, 0.3) is 5.91 Å². The average molecular weight is 369 g/mol. The third kappa shape index (κ3) is 5.29. The van der Waals surface area contributed by atoms with E-state index in [1.54, 1.807) is 42.5 Å². The lowest BCUT2D eigenvalue weighted by atomic mass is 10.1. The summed E-state index contributed by atoms with van der Waals surface area (Å²) in [5.74, 6) is -0.650. The number of hydrogen-bond acceptors (Lipinski definition) is 3. The number of rotatable bonds is 5. The van der Waals surface area contributed by atoms with Crippen molar-refractivity contribution in [1.29, 1.82) is 0 Å². The van der Waals surface area contributed by atoms with Gasteiger partial charge >= 0.3 is 0 Å². The summed E-state index contributed by atoms with van der Waals surface area (Å²) >= 11 is 0. The number of hydrogen-bond donors (Lipinski definition) is 2. The first-order valence-electron chi connectivity index (χ1n) is 9.31. The van der Waals surface area contributed by atoms with E-state index in [4.69, 9.17) is 0 Å². The summed E-state index contributed by atoms with van der Waals surface area (Å²) in [7, 11) is 0. The maximum atomic E-state index is 13.5. The SMILES string of the molecule is O=C(CNc1ccccc1F)Nc1ccc(C(=O)N2CCCCCC2)cc1. The molecule has 1 fully saturated rings. The zero-order valence-electron chi connectivity index (χ0n) is 15.2. The van der Waals surface area contributed by atoms with E-state index < -0.39 is 5.82 Å². The number of likely N-dealkylation sites (tertiary alicyclic amines) is 1. The van der Waals surface area contributed by atoms with Gasteiger partial charge in [0.2, 0.25) is 5.91 Å². The number of amides is 2. The Bertz CT molecular complexity index is 784. The lowest BCUT2D eigenvalue weighted by Gasteiger charge is -2.20. The topological polar surface area (TPSA) is 61.4 Å². The maximum absolute atomic E-state index is 13.5. The first kappa shape index (κ1) is 18.9. The fourth-order valence-corrected chi connectivity index (χ4v) is 3.14. The van der Waals surface area contributed by atoms with Gasteiger partial charge in [-0.1, -0.05) is 25.0 Å². The van der Waals surface area contributed by atoms with Gasteiger partial charge in [0, 0.05) is 24.3 Å². The van der Waals surface area contributed by atoms with Crippen LogP contribution in [0, 0.1) is 5.82 Å². The zero-order valence-corrected chi connectivity index (χ0v) is 15.2. The van der Waals surface area contributed by atoms with Crippen molar-refractivity contribution >= 4 is 23.2 Å². The third-order valence-corrected chi connectivity index (χ3v) is 4.62. The van der Waals surface area contributed by atoms with E-state index in [9.17, 15) is 14.0 Å². The van der Waals surface area contributed by atoms with Crippen molar-refractivity contribution in [2.75, 3.05) is 30.3 Å². The van der Waals surface area contributed by atoms with E-state index in [2.05, 4.69) is 10.6 Å². The minimum Gasteiger partial charge on any atom is -0.374 e. The number of halogens is 1. The van der Waals surface area contributed by atoms with Crippen LogP contribution < -0.4 is 10.6 Å². The number of carbonyl (C=O) groups is 2. The quantitative estimate of drug-likeness (QED) is 0.840. The number of nitrogens with one attached hydrogen (secondary N) is 2. The number of anilines is 2. The molecule has 2 amide bonds. The van der Waals surface area contributed by atoms with Crippen molar-refractivity contribution in [3.05, 3.63) is 59.9 Å². The predicted octanol–water partition coefficient (Wildman–Crippen LogP) is 3.89. The van der Waals surface area contributed by atoms with Gasteiger partial charge in [-0.25, -0.2) is 4.39 Å². The average Bonchev–Trinajstić information content (AvgIpc) is 2.97. The van der Waals surface area contributed by atoms with Crippen LogP contribution in [0.15, 0.2) is 48.5 Å². The molecule has 142 valence electrons. The molecule has 27 heavy (non-hydrogen) atoms. The largest absolute Gasteiger partial charge is 0.374 e. The second kappa shape index (κ2) is 9.16. The molecule has 0 atom stereocenters. The monoisotopic (exact) mass is 369 g/mol. The molecule has 0 bridgehead atoms. The van der Waals surface area contributed by atoms with Crippen molar-refractivity contribution in [3.8, 4) is 0 Å². The fourth-order valence-electron chi connectivity index (χ4n) is 3.14. The molecule has 0 radical (unpaired) electrons. The number of carbonyl (C=O) groups excluding carboxylic acids is 2. The molecule has 1 saturated heterocycles. The summed E-state index contributed by atoms with van der Waals surface area (Å²) in [6, 6.07) is 13.1. The highest BCUT2D eigenvalue weighted by molar-refractivity contribution is 5.96. The van der Waals surface area contributed by atoms with Crippen LogP contribution in [0.3, 0.4) is 0 Å². The molecule has 0 saturated carbocycles. The van der Waals surface area contributed by atoms with E-state index in [1.807, 2.05) is 4.90 Å². The molecule has 2 N–H and O–H groups in total. The van der Waals surface area contributed by atoms with E-state index in [1.165, 1.54) is 18.9 Å². The first-order valence-corrected chi connectivity index (χ1v) is 9.31. The van der Waals surface area contributed by atoms with Crippen LogP contribution in [0.4, 0.5) is 15.8 Å². The summed E-state index contributed by atoms with van der Waals surface area (Å²) in [5.41, 5.74) is 1.51. The molecule has 0 unspecified atom stereocenters. The minimum atomic E-state index is -0.401. The van der Waals surface area contributed by atoms with Gasteiger partial charge in [0.05, 0.1) is 12.2 Å². The predicted molar refractivity (Wildman–Crippen MR) is 104 cm³/mol. The van der Waals surface area contributed by atoms with E-state index in [0.29, 0.717) is 11.3 Å². The van der Waals surface area contributed by atoms with Crippen LogP contribution in [-0.4, -0.2) is 36.3 Å². The lowest BCUT2D eigenvalue weighted by Crippen LogP contribution is -2.31. The molecular formula is C21H24FN3O2. The van der Waals surface area contributed by atoms with Crippen molar-refractivity contribution in [2.45, 2.75) is 25.7 Å². The van der Waals surface area contributed by atoms with Crippen LogP contribution in [0.25, 0.3) is 0 Å². The van der Waals surface area contributed by atoms with Crippen molar-refractivity contribution < 1.29 is 14.0 Å². The van der Waals surface area contributed by atoms with Crippen molar-refractivity contribution in [2.24, 2.45) is 0 Å². The van der Waals surface area contributed by atoms with Gasteiger partial charge in [-0.15, -0.1) is 0 Å². The van der Waals surface area contributed by atoms with Gasteiger partial charge in [0.1, 0.15) is 5.82 Å². The molecule has 1 heterocycles. The standard InChI is InChI=1S/C21H24FN3O2/c22-18-7-3-4-8-19(18)23-15-20(26)24-17-11-9-16(10-12-17)21(27)25-13-5-1-2-6-14-25/h3-4,7-12,23H,1-2,5-6,13-15H2,(H,24,26). The minimum absolute atomic E-state index is 0.0380. The molecule has 1 aliphatic heterocycles. The second-order valence-corrected chi connectivity index (χ2v) is 6.67. The van der Waals surface area contributed by atoms with Crippen molar-refractivity contribution in [3.63, 3.8) is 0 Å². The molecule has 0 spiro atoms.